The molecule has 5 heteroatoms. The standard InChI is InChI=1S/C15H12N4O/c20-15-9-5-8-14(18-15)19(12-6-1-3-10-16-12)13-7-2-4-11-17-13/h1-11H,(H,18,20). The summed E-state index contributed by atoms with van der Waals surface area (Å²) in [6, 6.07) is 16.2. The first-order valence-electron chi connectivity index (χ1n) is 6.16. The van der Waals surface area contributed by atoms with Gasteiger partial charge < -0.3 is 4.98 Å². The summed E-state index contributed by atoms with van der Waals surface area (Å²) in [5.41, 5.74) is -0.167. The van der Waals surface area contributed by atoms with E-state index in [0.29, 0.717) is 17.5 Å². The molecule has 0 aliphatic heterocycles. The highest BCUT2D eigenvalue weighted by Crippen LogP contribution is 2.28. The van der Waals surface area contributed by atoms with Crippen molar-refractivity contribution in [3.05, 3.63) is 77.3 Å². The first-order valence-corrected chi connectivity index (χ1v) is 6.16. The van der Waals surface area contributed by atoms with Crippen LogP contribution >= 0.6 is 0 Å². The Kier molecular flexibility index (Phi) is 3.24. The van der Waals surface area contributed by atoms with E-state index in [2.05, 4.69) is 15.0 Å². The van der Waals surface area contributed by atoms with E-state index < -0.39 is 0 Å². The third-order valence-corrected chi connectivity index (χ3v) is 2.75. The van der Waals surface area contributed by atoms with Crippen LogP contribution in [0.1, 0.15) is 0 Å². The molecule has 1 N–H and O–H groups in total. The highest BCUT2D eigenvalue weighted by Gasteiger charge is 2.14. The molecular formula is C15H12N4O. The summed E-state index contributed by atoms with van der Waals surface area (Å²) in [5.74, 6) is 2.00. The van der Waals surface area contributed by atoms with E-state index in [1.807, 2.05) is 42.5 Å². The molecule has 3 heterocycles. The van der Waals surface area contributed by atoms with Crippen LogP contribution in [0.5, 0.6) is 0 Å². The minimum atomic E-state index is -0.167. The Labute approximate surface area is 115 Å². The highest BCUT2D eigenvalue weighted by atomic mass is 16.1. The topological polar surface area (TPSA) is 61.9 Å². The fourth-order valence-corrected chi connectivity index (χ4v) is 1.90. The van der Waals surface area contributed by atoms with Crippen molar-refractivity contribution in [1.82, 2.24) is 15.0 Å². The zero-order valence-corrected chi connectivity index (χ0v) is 10.6. The number of rotatable bonds is 3. The number of nitrogens with zero attached hydrogens (tertiary/aromatic N) is 3. The predicted octanol–water partition coefficient (Wildman–Crippen LogP) is 2.63. The quantitative estimate of drug-likeness (QED) is 0.790. The normalized spacial score (nSPS) is 10.2. The molecule has 0 aliphatic carbocycles. The monoisotopic (exact) mass is 264 g/mol. The van der Waals surface area contributed by atoms with Gasteiger partial charge in [-0.25, -0.2) is 9.97 Å². The van der Waals surface area contributed by atoms with E-state index in [1.54, 1.807) is 23.4 Å². The van der Waals surface area contributed by atoms with E-state index in [1.165, 1.54) is 6.07 Å². The average Bonchev–Trinajstić information content (AvgIpc) is 2.50. The van der Waals surface area contributed by atoms with E-state index >= 15 is 0 Å². The number of pyridine rings is 3. The molecule has 0 spiro atoms. The summed E-state index contributed by atoms with van der Waals surface area (Å²) >= 11 is 0. The zero-order valence-electron chi connectivity index (χ0n) is 10.6. The lowest BCUT2D eigenvalue weighted by Crippen LogP contribution is -2.17. The van der Waals surface area contributed by atoms with Crippen LogP contribution in [0.2, 0.25) is 0 Å². The highest BCUT2D eigenvalue weighted by molar-refractivity contribution is 5.68. The Morgan fingerprint density at radius 1 is 0.800 bits per heavy atom. The van der Waals surface area contributed by atoms with Crippen molar-refractivity contribution in [2.75, 3.05) is 4.90 Å². The SMILES string of the molecule is O=c1cccc(N(c2ccccn2)c2ccccn2)[nH]1. The van der Waals surface area contributed by atoms with E-state index in [4.69, 9.17) is 0 Å². The van der Waals surface area contributed by atoms with Crippen molar-refractivity contribution < 1.29 is 0 Å². The van der Waals surface area contributed by atoms with Gasteiger partial charge in [0.15, 0.2) is 0 Å². The van der Waals surface area contributed by atoms with Crippen molar-refractivity contribution in [3.63, 3.8) is 0 Å². The van der Waals surface area contributed by atoms with Gasteiger partial charge in [0, 0.05) is 18.5 Å². The number of H-pyrrole nitrogens is 1. The van der Waals surface area contributed by atoms with Gasteiger partial charge in [-0.15, -0.1) is 0 Å². The van der Waals surface area contributed by atoms with Crippen LogP contribution in [0, 0.1) is 0 Å². The second-order valence-electron chi connectivity index (χ2n) is 4.11. The largest absolute Gasteiger partial charge is 0.308 e. The van der Waals surface area contributed by atoms with E-state index in [-0.39, 0.29) is 5.56 Å². The second kappa shape index (κ2) is 5.36. The molecule has 98 valence electrons. The molecule has 20 heavy (non-hydrogen) atoms. The van der Waals surface area contributed by atoms with Crippen LogP contribution in [-0.2, 0) is 0 Å². The molecule has 3 aromatic heterocycles. The third kappa shape index (κ3) is 2.42. The first-order chi connectivity index (χ1) is 9.84. The Balaban J connectivity index is 2.16. The van der Waals surface area contributed by atoms with Crippen molar-refractivity contribution in [3.8, 4) is 0 Å². The summed E-state index contributed by atoms with van der Waals surface area (Å²) in [4.78, 5) is 24.8. The lowest BCUT2D eigenvalue weighted by molar-refractivity contribution is 1.07. The predicted molar refractivity (Wildman–Crippen MR) is 77.3 cm³/mol. The molecular weight excluding hydrogens is 252 g/mol. The van der Waals surface area contributed by atoms with Crippen LogP contribution in [-0.4, -0.2) is 15.0 Å². The minimum Gasteiger partial charge on any atom is -0.308 e. The zero-order chi connectivity index (χ0) is 13.8. The molecule has 0 amide bonds. The molecule has 0 fully saturated rings. The molecule has 0 aromatic carbocycles. The summed E-state index contributed by atoms with van der Waals surface area (Å²) in [5, 5.41) is 0. The first kappa shape index (κ1) is 12.1. The Morgan fingerprint density at radius 3 is 1.95 bits per heavy atom. The third-order valence-electron chi connectivity index (χ3n) is 2.75. The molecule has 0 aliphatic rings. The van der Waals surface area contributed by atoms with Crippen LogP contribution in [0.4, 0.5) is 17.5 Å². The Hall–Kier alpha value is -2.95. The van der Waals surface area contributed by atoms with Crippen LogP contribution < -0.4 is 10.5 Å². The van der Waals surface area contributed by atoms with Gasteiger partial charge in [-0.05, 0) is 30.3 Å². The maximum atomic E-state index is 11.5. The van der Waals surface area contributed by atoms with Gasteiger partial charge in [0.1, 0.15) is 17.5 Å². The minimum absolute atomic E-state index is 0.167. The average molecular weight is 264 g/mol. The number of aromatic nitrogens is 3. The van der Waals surface area contributed by atoms with Crippen molar-refractivity contribution in [1.29, 1.82) is 0 Å². The molecule has 0 unspecified atom stereocenters. The smallest absolute Gasteiger partial charge is 0.249 e. The summed E-state index contributed by atoms with van der Waals surface area (Å²) < 4.78 is 0. The lowest BCUT2D eigenvalue weighted by atomic mass is 10.3. The van der Waals surface area contributed by atoms with Crippen LogP contribution in [0.3, 0.4) is 0 Å². The summed E-state index contributed by atoms with van der Waals surface area (Å²) in [6.07, 6.45) is 3.40. The van der Waals surface area contributed by atoms with E-state index in [9.17, 15) is 4.79 Å². The summed E-state index contributed by atoms with van der Waals surface area (Å²) in [6.45, 7) is 0. The number of nitrogens with one attached hydrogen (secondary N) is 1. The summed E-state index contributed by atoms with van der Waals surface area (Å²) in [7, 11) is 0. The van der Waals surface area contributed by atoms with Gasteiger partial charge in [-0.1, -0.05) is 18.2 Å². The molecule has 0 radical (unpaired) electrons. The van der Waals surface area contributed by atoms with Gasteiger partial charge >= 0.3 is 0 Å². The van der Waals surface area contributed by atoms with Crippen molar-refractivity contribution in [2.45, 2.75) is 0 Å². The number of hydrogen-bond donors (Lipinski definition) is 1. The fourth-order valence-electron chi connectivity index (χ4n) is 1.90. The molecule has 0 atom stereocenters. The fraction of sp³-hybridized carbons (Fsp3) is 0. The molecule has 0 saturated carbocycles. The van der Waals surface area contributed by atoms with Crippen molar-refractivity contribution >= 4 is 17.5 Å². The van der Waals surface area contributed by atoms with Crippen molar-refractivity contribution in [2.24, 2.45) is 0 Å². The van der Waals surface area contributed by atoms with Gasteiger partial charge in [-0.3, -0.25) is 9.69 Å². The Morgan fingerprint density at radius 2 is 1.45 bits per heavy atom. The van der Waals surface area contributed by atoms with Gasteiger partial charge in [0.25, 0.3) is 0 Å². The molecule has 3 rings (SSSR count). The lowest BCUT2D eigenvalue weighted by Gasteiger charge is -2.21. The molecule has 0 saturated heterocycles. The van der Waals surface area contributed by atoms with Gasteiger partial charge in [0.2, 0.25) is 5.56 Å². The Bertz CT molecular complexity index is 701. The van der Waals surface area contributed by atoms with Crippen LogP contribution in [0.15, 0.2) is 71.8 Å². The molecule has 5 nitrogen and oxygen atoms in total. The molecule has 0 bridgehead atoms. The van der Waals surface area contributed by atoms with Crippen LogP contribution in [0.25, 0.3) is 0 Å². The van der Waals surface area contributed by atoms with E-state index in [0.717, 1.165) is 0 Å². The second-order valence-corrected chi connectivity index (χ2v) is 4.11. The van der Waals surface area contributed by atoms with Gasteiger partial charge in [-0.2, -0.15) is 0 Å². The maximum absolute atomic E-state index is 11.5. The number of hydrogen-bond acceptors (Lipinski definition) is 4. The number of anilines is 3. The van der Waals surface area contributed by atoms with Gasteiger partial charge in [0.05, 0.1) is 0 Å². The maximum Gasteiger partial charge on any atom is 0.249 e. The number of aromatic amines is 1. The molecule has 3 aromatic rings.